The molecule has 4 heteroatoms. The van der Waals surface area contributed by atoms with Gasteiger partial charge in [-0.25, -0.2) is 4.98 Å². The lowest BCUT2D eigenvalue weighted by molar-refractivity contribution is 0.195. The molecule has 1 unspecified atom stereocenters. The molecule has 2 rings (SSSR count). The van der Waals surface area contributed by atoms with Crippen molar-refractivity contribution < 1.29 is 5.11 Å². The number of aryl methyl sites for hydroxylation is 1. The Kier molecular flexibility index (Phi) is 4.20. The highest BCUT2D eigenvalue weighted by molar-refractivity contribution is 7.98. The van der Waals surface area contributed by atoms with Crippen molar-refractivity contribution in [2.24, 2.45) is 0 Å². The molecule has 1 heterocycles. The van der Waals surface area contributed by atoms with E-state index in [0.29, 0.717) is 0 Å². The first-order valence-corrected chi connectivity index (χ1v) is 7.33. The average molecular weight is 265 g/mol. The second kappa shape index (κ2) is 5.67. The number of aliphatic hydroxyl groups is 1. The van der Waals surface area contributed by atoms with E-state index >= 15 is 0 Å². The molecule has 1 atom stereocenters. The summed E-state index contributed by atoms with van der Waals surface area (Å²) in [5.41, 5.74) is 2.05. The van der Waals surface area contributed by atoms with Crippen molar-refractivity contribution >= 4 is 23.1 Å². The molecular weight excluding hydrogens is 250 g/mol. The highest BCUT2D eigenvalue weighted by Crippen LogP contribution is 2.25. The molecule has 90 valence electrons. The van der Waals surface area contributed by atoms with Gasteiger partial charge in [0.15, 0.2) is 0 Å². The van der Waals surface area contributed by atoms with Gasteiger partial charge in [0.1, 0.15) is 5.01 Å². The van der Waals surface area contributed by atoms with Crippen LogP contribution in [-0.2, 0) is 5.75 Å². The summed E-state index contributed by atoms with van der Waals surface area (Å²) in [4.78, 5) is 5.64. The van der Waals surface area contributed by atoms with Gasteiger partial charge in [-0.2, -0.15) is 0 Å². The highest BCUT2D eigenvalue weighted by Gasteiger charge is 2.06. The average Bonchev–Trinajstić information content (AvgIpc) is 2.77. The molecule has 0 fully saturated rings. The second-order valence-electron chi connectivity index (χ2n) is 3.94. The summed E-state index contributed by atoms with van der Waals surface area (Å²) in [6.45, 7) is 3.83. The zero-order valence-electron chi connectivity index (χ0n) is 9.88. The minimum Gasteiger partial charge on any atom is -0.387 e. The molecule has 1 aromatic heterocycles. The van der Waals surface area contributed by atoms with E-state index in [9.17, 15) is 5.11 Å². The fraction of sp³-hybridized carbons (Fsp3) is 0.308. The standard InChI is InChI=1S/C13H15NOS2/c1-9-3-5-11(6-4-9)16-8-13-14-12(7-17-13)10(2)15/h3-7,10,15H,8H2,1-2H3. The maximum Gasteiger partial charge on any atom is 0.103 e. The molecule has 0 amide bonds. The lowest BCUT2D eigenvalue weighted by Gasteiger charge is -2.00. The van der Waals surface area contributed by atoms with E-state index in [1.54, 1.807) is 30.0 Å². The van der Waals surface area contributed by atoms with Gasteiger partial charge < -0.3 is 5.11 Å². The number of aromatic nitrogens is 1. The van der Waals surface area contributed by atoms with Crippen LogP contribution in [0.4, 0.5) is 0 Å². The number of rotatable bonds is 4. The molecule has 0 saturated carbocycles. The van der Waals surface area contributed by atoms with Crippen LogP contribution in [0.2, 0.25) is 0 Å². The van der Waals surface area contributed by atoms with Gasteiger partial charge in [-0.05, 0) is 26.0 Å². The summed E-state index contributed by atoms with van der Waals surface area (Å²) in [5.74, 6) is 0.862. The van der Waals surface area contributed by atoms with Gasteiger partial charge in [-0.3, -0.25) is 0 Å². The quantitative estimate of drug-likeness (QED) is 0.854. The summed E-state index contributed by atoms with van der Waals surface area (Å²) in [7, 11) is 0. The van der Waals surface area contributed by atoms with Gasteiger partial charge in [-0.1, -0.05) is 17.7 Å². The molecule has 0 aliphatic carbocycles. The first-order chi connectivity index (χ1) is 8.15. The molecule has 0 bridgehead atoms. The number of hydrogen-bond donors (Lipinski definition) is 1. The van der Waals surface area contributed by atoms with E-state index in [4.69, 9.17) is 0 Å². The SMILES string of the molecule is Cc1ccc(SCc2nc(C(C)O)cs2)cc1. The van der Waals surface area contributed by atoms with E-state index in [1.165, 1.54) is 10.5 Å². The number of aliphatic hydroxyl groups excluding tert-OH is 1. The molecule has 0 aliphatic heterocycles. The third-order valence-electron chi connectivity index (χ3n) is 2.38. The monoisotopic (exact) mass is 265 g/mol. The molecule has 0 spiro atoms. The molecular formula is C13H15NOS2. The Hall–Kier alpha value is -0.840. The van der Waals surface area contributed by atoms with Crippen LogP contribution in [0.1, 0.15) is 29.3 Å². The van der Waals surface area contributed by atoms with Crippen LogP contribution >= 0.6 is 23.1 Å². The molecule has 0 radical (unpaired) electrons. The van der Waals surface area contributed by atoms with Crippen molar-refractivity contribution in [3.8, 4) is 0 Å². The van der Waals surface area contributed by atoms with E-state index in [0.717, 1.165) is 16.5 Å². The van der Waals surface area contributed by atoms with Crippen LogP contribution in [0.3, 0.4) is 0 Å². The Bertz CT molecular complexity index is 476. The van der Waals surface area contributed by atoms with Crippen LogP contribution in [0.5, 0.6) is 0 Å². The molecule has 0 aliphatic rings. The molecule has 1 aromatic carbocycles. The van der Waals surface area contributed by atoms with Crippen molar-refractivity contribution in [2.75, 3.05) is 0 Å². The van der Waals surface area contributed by atoms with E-state index in [1.807, 2.05) is 5.38 Å². The maximum atomic E-state index is 9.39. The number of benzene rings is 1. The number of thiazole rings is 1. The fourth-order valence-electron chi connectivity index (χ4n) is 1.36. The van der Waals surface area contributed by atoms with E-state index in [2.05, 4.69) is 36.2 Å². The summed E-state index contributed by atoms with van der Waals surface area (Å²) >= 11 is 3.38. The summed E-state index contributed by atoms with van der Waals surface area (Å²) < 4.78 is 0. The van der Waals surface area contributed by atoms with Crippen molar-refractivity contribution in [2.45, 2.75) is 30.6 Å². The van der Waals surface area contributed by atoms with Crippen molar-refractivity contribution in [1.82, 2.24) is 4.98 Å². The fourth-order valence-corrected chi connectivity index (χ4v) is 3.16. The second-order valence-corrected chi connectivity index (χ2v) is 5.94. The first-order valence-electron chi connectivity index (χ1n) is 5.47. The predicted octanol–water partition coefficient (Wildman–Crippen LogP) is 3.80. The van der Waals surface area contributed by atoms with Crippen LogP contribution < -0.4 is 0 Å². The zero-order valence-corrected chi connectivity index (χ0v) is 11.5. The Morgan fingerprint density at radius 1 is 1.35 bits per heavy atom. The van der Waals surface area contributed by atoms with Gasteiger partial charge in [0.25, 0.3) is 0 Å². The highest BCUT2D eigenvalue weighted by atomic mass is 32.2. The Labute approximate surface area is 110 Å². The first kappa shape index (κ1) is 12.6. The van der Waals surface area contributed by atoms with Crippen LogP contribution in [0, 0.1) is 6.92 Å². The minimum atomic E-state index is -0.468. The topological polar surface area (TPSA) is 33.1 Å². The third kappa shape index (κ3) is 3.56. The molecule has 2 aromatic rings. The molecule has 17 heavy (non-hydrogen) atoms. The van der Waals surface area contributed by atoms with Crippen molar-refractivity contribution in [3.05, 3.63) is 45.9 Å². The van der Waals surface area contributed by atoms with Crippen molar-refractivity contribution in [1.29, 1.82) is 0 Å². The number of thioether (sulfide) groups is 1. The zero-order chi connectivity index (χ0) is 12.3. The smallest absolute Gasteiger partial charge is 0.103 e. The number of nitrogens with zero attached hydrogens (tertiary/aromatic N) is 1. The molecule has 1 N–H and O–H groups in total. The summed E-state index contributed by atoms with van der Waals surface area (Å²) in [6.07, 6.45) is -0.468. The van der Waals surface area contributed by atoms with Crippen LogP contribution in [0.25, 0.3) is 0 Å². The van der Waals surface area contributed by atoms with Gasteiger partial charge in [0, 0.05) is 10.3 Å². The Balaban J connectivity index is 1.95. The summed E-state index contributed by atoms with van der Waals surface area (Å²) in [6, 6.07) is 8.49. The number of hydrogen-bond acceptors (Lipinski definition) is 4. The largest absolute Gasteiger partial charge is 0.387 e. The minimum absolute atomic E-state index is 0.468. The maximum absolute atomic E-state index is 9.39. The van der Waals surface area contributed by atoms with Gasteiger partial charge in [-0.15, -0.1) is 23.1 Å². The van der Waals surface area contributed by atoms with Crippen LogP contribution in [0.15, 0.2) is 34.5 Å². The third-order valence-corrected chi connectivity index (χ3v) is 4.45. The van der Waals surface area contributed by atoms with Gasteiger partial charge in [0.2, 0.25) is 0 Å². The molecule has 0 saturated heterocycles. The van der Waals surface area contributed by atoms with Gasteiger partial charge >= 0.3 is 0 Å². The Morgan fingerprint density at radius 3 is 2.65 bits per heavy atom. The lowest BCUT2D eigenvalue weighted by atomic mass is 10.2. The predicted molar refractivity (Wildman–Crippen MR) is 73.5 cm³/mol. The van der Waals surface area contributed by atoms with E-state index in [-0.39, 0.29) is 0 Å². The molecule has 2 nitrogen and oxygen atoms in total. The lowest BCUT2D eigenvalue weighted by Crippen LogP contribution is -1.91. The Morgan fingerprint density at radius 2 is 2.06 bits per heavy atom. The van der Waals surface area contributed by atoms with Crippen molar-refractivity contribution in [3.63, 3.8) is 0 Å². The van der Waals surface area contributed by atoms with E-state index < -0.39 is 6.10 Å². The normalized spacial score (nSPS) is 12.6. The van der Waals surface area contributed by atoms with Gasteiger partial charge in [0.05, 0.1) is 17.6 Å². The summed E-state index contributed by atoms with van der Waals surface area (Å²) in [5, 5.41) is 12.4. The van der Waals surface area contributed by atoms with Crippen LogP contribution in [-0.4, -0.2) is 10.1 Å².